The van der Waals surface area contributed by atoms with Gasteiger partial charge in [-0.3, -0.25) is 4.79 Å². The highest BCUT2D eigenvalue weighted by Crippen LogP contribution is 2.21. The highest BCUT2D eigenvalue weighted by atomic mass is 19.1. The zero-order valence-electron chi connectivity index (χ0n) is 13.8. The van der Waals surface area contributed by atoms with Gasteiger partial charge in [-0.05, 0) is 36.6 Å². The quantitative estimate of drug-likeness (QED) is 0.699. The topological polar surface area (TPSA) is 65.1 Å². The van der Waals surface area contributed by atoms with Gasteiger partial charge in [0.05, 0.1) is 12.0 Å². The molecule has 0 atom stereocenters. The van der Waals surface area contributed by atoms with Crippen LogP contribution in [0.3, 0.4) is 0 Å². The first-order chi connectivity index (χ1) is 11.0. The number of benzene rings is 1. The monoisotopic (exact) mass is 320 g/mol. The van der Waals surface area contributed by atoms with E-state index < -0.39 is 5.60 Å². The maximum Gasteiger partial charge on any atom is 0.224 e. The third-order valence-electron chi connectivity index (χ3n) is 4.13. The summed E-state index contributed by atoms with van der Waals surface area (Å²) < 4.78 is 13.2. The SMILES string of the molecule is CCCC(O)(CCC)CNC(=O)Cc1c[nH]c2cc(F)ccc12. The van der Waals surface area contributed by atoms with Crippen LogP contribution in [0.25, 0.3) is 10.9 Å². The van der Waals surface area contributed by atoms with Crippen LogP contribution in [0.15, 0.2) is 24.4 Å². The van der Waals surface area contributed by atoms with Crippen LogP contribution in [0.1, 0.15) is 45.1 Å². The Morgan fingerprint density at radius 3 is 2.65 bits per heavy atom. The van der Waals surface area contributed by atoms with Gasteiger partial charge in [0.25, 0.3) is 0 Å². The van der Waals surface area contributed by atoms with Crippen LogP contribution in [-0.4, -0.2) is 28.1 Å². The zero-order valence-corrected chi connectivity index (χ0v) is 13.8. The van der Waals surface area contributed by atoms with Gasteiger partial charge in [-0.2, -0.15) is 0 Å². The van der Waals surface area contributed by atoms with E-state index in [0.29, 0.717) is 18.4 Å². The number of aliphatic hydroxyl groups is 1. The molecule has 0 unspecified atom stereocenters. The van der Waals surface area contributed by atoms with Crippen LogP contribution in [0, 0.1) is 5.82 Å². The van der Waals surface area contributed by atoms with Crippen molar-refractivity contribution in [2.24, 2.45) is 0 Å². The molecule has 5 heteroatoms. The minimum Gasteiger partial charge on any atom is -0.388 e. The molecule has 0 bridgehead atoms. The molecule has 0 aliphatic carbocycles. The van der Waals surface area contributed by atoms with E-state index >= 15 is 0 Å². The van der Waals surface area contributed by atoms with Crippen molar-refractivity contribution in [1.82, 2.24) is 10.3 Å². The molecule has 1 amide bonds. The fourth-order valence-corrected chi connectivity index (χ4v) is 3.04. The standard InChI is InChI=1S/C18H25FN2O2/c1-3-7-18(23,8-4-2)12-21-17(22)9-13-11-20-16-10-14(19)5-6-15(13)16/h5-6,10-11,20,23H,3-4,7-9,12H2,1-2H3,(H,21,22). The van der Waals surface area contributed by atoms with Crippen LogP contribution in [-0.2, 0) is 11.2 Å². The third-order valence-corrected chi connectivity index (χ3v) is 4.13. The summed E-state index contributed by atoms with van der Waals surface area (Å²) in [6.07, 6.45) is 5.04. The van der Waals surface area contributed by atoms with Crippen LogP contribution in [0.2, 0.25) is 0 Å². The number of aromatic nitrogens is 1. The first-order valence-corrected chi connectivity index (χ1v) is 8.22. The highest BCUT2D eigenvalue weighted by molar-refractivity contribution is 5.88. The molecule has 2 rings (SSSR count). The Morgan fingerprint density at radius 2 is 2.00 bits per heavy atom. The highest BCUT2D eigenvalue weighted by Gasteiger charge is 2.25. The first-order valence-electron chi connectivity index (χ1n) is 8.22. The lowest BCUT2D eigenvalue weighted by Gasteiger charge is -2.27. The Labute approximate surface area is 136 Å². The summed E-state index contributed by atoms with van der Waals surface area (Å²) in [6.45, 7) is 4.31. The second-order valence-corrected chi connectivity index (χ2v) is 6.18. The van der Waals surface area contributed by atoms with Gasteiger partial charge in [0.15, 0.2) is 0 Å². The molecule has 0 fully saturated rings. The van der Waals surface area contributed by atoms with Crippen LogP contribution in [0.4, 0.5) is 4.39 Å². The number of hydrogen-bond donors (Lipinski definition) is 3. The third kappa shape index (κ3) is 4.55. The molecular formula is C18H25FN2O2. The van der Waals surface area contributed by atoms with E-state index in [-0.39, 0.29) is 24.7 Å². The number of rotatable bonds is 8. The van der Waals surface area contributed by atoms with Gasteiger partial charge in [-0.15, -0.1) is 0 Å². The predicted octanol–water partition coefficient (Wildman–Crippen LogP) is 3.30. The lowest BCUT2D eigenvalue weighted by Crippen LogP contribution is -2.43. The Kier molecular flexibility index (Phi) is 5.77. The van der Waals surface area contributed by atoms with Gasteiger partial charge in [0, 0.05) is 23.6 Å². The summed E-state index contributed by atoms with van der Waals surface area (Å²) in [5.41, 5.74) is 0.677. The van der Waals surface area contributed by atoms with Crippen LogP contribution in [0.5, 0.6) is 0 Å². The molecular weight excluding hydrogens is 295 g/mol. The smallest absolute Gasteiger partial charge is 0.224 e. The number of nitrogens with one attached hydrogen (secondary N) is 2. The molecule has 3 N–H and O–H groups in total. The molecule has 23 heavy (non-hydrogen) atoms. The minimum atomic E-state index is -0.831. The van der Waals surface area contributed by atoms with Gasteiger partial charge in [-0.25, -0.2) is 4.39 Å². The average Bonchev–Trinajstić information content (AvgIpc) is 2.88. The Balaban J connectivity index is 1.98. The second-order valence-electron chi connectivity index (χ2n) is 6.18. The lowest BCUT2D eigenvalue weighted by molar-refractivity contribution is -0.121. The number of amides is 1. The van der Waals surface area contributed by atoms with Gasteiger partial charge in [0.1, 0.15) is 5.82 Å². The summed E-state index contributed by atoms with van der Waals surface area (Å²) in [4.78, 5) is 15.1. The molecule has 1 heterocycles. The molecule has 0 saturated carbocycles. The molecule has 0 spiro atoms. The number of halogens is 1. The van der Waals surface area contributed by atoms with Crippen LogP contribution < -0.4 is 5.32 Å². The molecule has 2 aromatic rings. The zero-order chi connectivity index (χ0) is 16.9. The summed E-state index contributed by atoms with van der Waals surface area (Å²) >= 11 is 0. The van der Waals surface area contributed by atoms with Gasteiger partial charge < -0.3 is 15.4 Å². The first kappa shape index (κ1) is 17.5. The van der Waals surface area contributed by atoms with E-state index in [1.165, 1.54) is 12.1 Å². The van der Waals surface area contributed by atoms with Gasteiger partial charge in [0.2, 0.25) is 5.91 Å². The van der Waals surface area contributed by atoms with E-state index in [9.17, 15) is 14.3 Å². The minimum absolute atomic E-state index is 0.138. The van der Waals surface area contributed by atoms with Gasteiger partial charge >= 0.3 is 0 Å². The van der Waals surface area contributed by atoms with Crippen molar-refractivity contribution in [2.75, 3.05) is 6.54 Å². The maximum absolute atomic E-state index is 13.2. The molecule has 1 aromatic heterocycles. The summed E-state index contributed by atoms with van der Waals surface area (Å²) in [6, 6.07) is 4.48. The van der Waals surface area contributed by atoms with Crippen molar-refractivity contribution < 1.29 is 14.3 Å². The number of hydrogen-bond acceptors (Lipinski definition) is 2. The number of carbonyl (C=O) groups excluding carboxylic acids is 1. The van der Waals surface area contributed by atoms with E-state index in [0.717, 1.165) is 23.8 Å². The number of carbonyl (C=O) groups is 1. The van der Waals surface area contributed by atoms with E-state index in [2.05, 4.69) is 10.3 Å². The second kappa shape index (κ2) is 7.59. The number of H-pyrrole nitrogens is 1. The van der Waals surface area contributed by atoms with Crippen molar-refractivity contribution >= 4 is 16.8 Å². The molecule has 0 radical (unpaired) electrons. The van der Waals surface area contributed by atoms with Gasteiger partial charge in [-0.1, -0.05) is 26.7 Å². The molecule has 4 nitrogen and oxygen atoms in total. The fraction of sp³-hybridized carbons (Fsp3) is 0.500. The van der Waals surface area contributed by atoms with E-state index in [1.54, 1.807) is 12.3 Å². The predicted molar refractivity (Wildman–Crippen MR) is 89.7 cm³/mol. The largest absolute Gasteiger partial charge is 0.388 e. The fourth-order valence-electron chi connectivity index (χ4n) is 3.04. The van der Waals surface area contributed by atoms with Crippen molar-refractivity contribution in [3.8, 4) is 0 Å². The van der Waals surface area contributed by atoms with E-state index in [4.69, 9.17) is 0 Å². The average molecular weight is 320 g/mol. The maximum atomic E-state index is 13.2. The van der Waals surface area contributed by atoms with Crippen molar-refractivity contribution in [2.45, 2.75) is 51.6 Å². The summed E-state index contributed by atoms with van der Waals surface area (Å²) in [5.74, 6) is -0.444. The molecule has 0 saturated heterocycles. The Morgan fingerprint density at radius 1 is 1.30 bits per heavy atom. The van der Waals surface area contributed by atoms with Crippen molar-refractivity contribution in [3.63, 3.8) is 0 Å². The van der Waals surface area contributed by atoms with E-state index in [1.807, 2.05) is 13.8 Å². The Bertz CT molecular complexity index is 660. The number of fused-ring (bicyclic) bond motifs is 1. The normalized spacial score (nSPS) is 11.8. The summed E-state index contributed by atoms with van der Waals surface area (Å²) in [5, 5.41) is 14.2. The number of aromatic amines is 1. The summed E-state index contributed by atoms with van der Waals surface area (Å²) in [7, 11) is 0. The van der Waals surface area contributed by atoms with Crippen molar-refractivity contribution in [3.05, 3.63) is 35.8 Å². The van der Waals surface area contributed by atoms with Crippen LogP contribution >= 0.6 is 0 Å². The Hall–Kier alpha value is -1.88. The molecule has 1 aromatic carbocycles. The molecule has 126 valence electrons. The molecule has 0 aliphatic heterocycles. The molecule has 0 aliphatic rings. The van der Waals surface area contributed by atoms with Crippen molar-refractivity contribution in [1.29, 1.82) is 0 Å². The lowest BCUT2D eigenvalue weighted by atomic mass is 9.92.